The van der Waals surface area contributed by atoms with Crippen LogP contribution in [0.4, 0.5) is 0 Å². The van der Waals surface area contributed by atoms with Crippen molar-refractivity contribution in [3.05, 3.63) is 11.6 Å². The summed E-state index contributed by atoms with van der Waals surface area (Å²) in [4.78, 5) is 23.1. The summed E-state index contributed by atoms with van der Waals surface area (Å²) in [5.74, 6) is 2.10. The topological polar surface area (TPSA) is 52.6 Å². The van der Waals surface area contributed by atoms with Crippen LogP contribution in [0.5, 0.6) is 0 Å². The molecule has 0 amide bonds. The van der Waals surface area contributed by atoms with Crippen molar-refractivity contribution in [2.24, 2.45) is 23.7 Å². The fourth-order valence-corrected chi connectivity index (χ4v) is 4.31. The van der Waals surface area contributed by atoms with E-state index in [9.17, 15) is 9.59 Å². The average Bonchev–Trinajstić information content (AvgIpc) is 2.63. The van der Waals surface area contributed by atoms with Crippen LogP contribution in [0.25, 0.3) is 0 Å². The van der Waals surface area contributed by atoms with Gasteiger partial charge in [-0.1, -0.05) is 32.3 Å². The summed E-state index contributed by atoms with van der Waals surface area (Å²) in [7, 11) is 0. The maximum atomic E-state index is 12.2. The fourth-order valence-electron chi connectivity index (χ4n) is 4.31. The van der Waals surface area contributed by atoms with E-state index < -0.39 is 0 Å². The minimum atomic E-state index is -0.203. The smallest absolute Gasteiger partial charge is 0.333 e. The summed E-state index contributed by atoms with van der Waals surface area (Å²) in [5, 5.41) is 0. The number of hydrogen-bond donors (Lipinski definition) is 0. The molecule has 2 aliphatic rings. The second-order valence-electron chi connectivity index (χ2n) is 8.55. The van der Waals surface area contributed by atoms with Gasteiger partial charge in [-0.2, -0.15) is 0 Å². The average molecular weight is 365 g/mol. The molecule has 0 aliphatic heterocycles. The molecule has 148 valence electrons. The number of esters is 2. The highest BCUT2D eigenvalue weighted by Gasteiger charge is 2.23. The van der Waals surface area contributed by atoms with Crippen molar-refractivity contribution in [2.75, 3.05) is 13.2 Å². The molecule has 0 spiro atoms. The quantitative estimate of drug-likeness (QED) is 0.468. The second-order valence-corrected chi connectivity index (χ2v) is 8.55. The van der Waals surface area contributed by atoms with Gasteiger partial charge >= 0.3 is 11.9 Å². The van der Waals surface area contributed by atoms with E-state index >= 15 is 0 Å². The first-order valence-corrected chi connectivity index (χ1v) is 10.4. The molecule has 2 rings (SSSR count). The Balaban J connectivity index is 1.63. The number of carbonyl (C=O) groups is 2. The lowest BCUT2D eigenvalue weighted by Crippen LogP contribution is -2.23. The van der Waals surface area contributed by atoms with Crippen molar-refractivity contribution in [3.63, 3.8) is 0 Å². The predicted molar refractivity (Wildman–Crippen MR) is 103 cm³/mol. The van der Waals surface area contributed by atoms with E-state index in [4.69, 9.17) is 9.47 Å². The van der Waals surface area contributed by atoms with Gasteiger partial charge in [0.05, 0.1) is 13.2 Å². The first kappa shape index (κ1) is 21.0. The molecule has 0 heterocycles. The number of carbonyl (C=O) groups excluding carboxylic acids is 2. The van der Waals surface area contributed by atoms with Gasteiger partial charge in [0, 0.05) is 12.5 Å². The van der Waals surface area contributed by atoms with Crippen molar-refractivity contribution < 1.29 is 19.1 Å². The lowest BCUT2D eigenvalue weighted by molar-refractivity contribution is -0.144. The SMILES string of the molecule is CC(=O)OCC1CCC(COC(=O)C(C)=CCC2CCCC(C)C2)CC1. The van der Waals surface area contributed by atoms with Crippen molar-refractivity contribution in [2.45, 2.75) is 78.6 Å². The summed E-state index contributed by atoms with van der Waals surface area (Å²) in [6, 6.07) is 0. The third-order valence-corrected chi connectivity index (χ3v) is 6.06. The van der Waals surface area contributed by atoms with Crippen LogP contribution in [0.3, 0.4) is 0 Å². The molecule has 0 aromatic rings. The molecular weight excluding hydrogens is 328 g/mol. The first-order valence-electron chi connectivity index (χ1n) is 10.4. The van der Waals surface area contributed by atoms with Crippen molar-refractivity contribution in [1.82, 2.24) is 0 Å². The van der Waals surface area contributed by atoms with Crippen LogP contribution < -0.4 is 0 Å². The molecule has 4 heteroatoms. The van der Waals surface area contributed by atoms with Crippen molar-refractivity contribution in [1.29, 1.82) is 0 Å². The zero-order chi connectivity index (χ0) is 18.9. The van der Waals surface area contributed by atoms with Crippen molar-refractivity contribution in [3.8, 4) is 0 Å². The number of hydrogen-bond acceptors (Lipinski definition) is 4. The normalized spacial score (nSPS) is 29.9. The minimum absolute atomic E-state index is 0.157. The Morgan fingerprint density at radius 2 is 1.50 bits per heavy atom. The third kappa shape index (κ3) is 7.51. The highest BCUT2D eigenvalue weighted by molar-refractivity contribution is 5.87. The Labute approximate surface area is 158 Å². The zero-order valence-electron chi connectivity index (χ0n) is 16.8. The largest absolute Gasteiger partial charge is 0.466 e. The molecule has 2 aliphatic carbocycles. The molecule has 0 aromatic heterocycles. The number of allylic oxidation sites excluding steroid dienone is 1. The van der Waals surface area contributed by atoms with Gasteiger partial charge in [-0.25, -0.2) is 4.79 Å². The monoisotopic (exact) mass is 364 g/mol. The molecule has 2 unspecified atom stereocenters. The standard InChI is InChI=1S/C22H36O4/c1-16-5-4-6-19(13-16)8-7-17(2)22(24)26-15-21-11-9-20(10-12-21)14-25-18(3)23/h7,16,19-21H,4-6,8-15H2,1-3H3. The van der Waals surface area contributed by atoms with Gasteiger partial charge in [-0.15, -0.1) is 0 Å². The summed E-state index contributed by atoms with van der Waals surface area (Å²) >= 11 is 0. The van der Waals surface area contributed by atoms with E-state index in [0.29, 0.717) is 25.0 Å². The van der Waals surface area contributed by atoms with E-state index in [2.05, 4.69) is 13.0 Å². The van der Waals surface area contributed by atoms with Crippen LogP contribution in [0, 0.1) is 23.7 Å². The lowest BCUT2D eigenvalue weighted by Gasteiger charge is -2.27. The van der Waals surface area contributed by atoms with Crippen LogP contribution in [-0.2, 0) is 19.1 Å². The molecule has 0 N–H and O–H groups in total. The number of ether oxygens (including phenoxy) is 2. The summed E-state index contributed by atoms with van der Waals surface area (Å²) in [6.07, 6.45) is 12.5. The van der Waals surface area contributed by atoms with Crippen LogP contribution in [0.1, 0.15) is 78.6 Å². The van der Waals surface area contributed by atoms with E-state index in [-0.39, 0.29) is 11.9 Å². The summed E-state index contributed by atoms with van der Waals surface area (Å²) in [6.45, 7) is 6.71. The van der Waals surface area contributed by atoms with Crippen LogP contribution >= 0.6 is 0 Å². The van der Waals surface area contributed by atoms with E-state index in [0.717, 1.165) is 49.5 Å². The van der Waals surface area contributed by atoms with E-state index in [1.807, 2.05) is 6.92 Å². The molecule has 2 atom stereocenters. The Kier molecular flexibility index (Phi) is 8.67. The van der Waals surface area contributed by atoms with Gasteiger partial charge in [0.2, 0.25) is 0 Å². The van der Waals surface area contributed by atoms with Gasteiger partial charge in [0.15, 0.2) is 0 Å². The predicted octanol–water partition coefficient (Wildman–Crippen LogP) is 5.06. The second kappa shape index (κ2) is 10.7. The molecule has 0 saturated heterocycles. The molecule has 0 radical (unpaired) electrons. The van der Waals surface area contributed by atoms with Crippen LogP contribution in [0.15, 0.2) is 11.6 Å². The molecule has 2 saturated carbocycles. The fraction of sp³-hybridized carbons (Fsp3) is 0.818. The van der Waals surface area contributed by atoms with Crippen molar-refractivity contribution >= 4 is 11.9 Å². The highest BCUT2D eigenvalue weighted by atomic mass is 16.5. The Bertz CT molecular complexity index is 488. The van der Waals surface area contributed by atoms with Gasteiger partial charge < -0.3 is 9.47 Å². The lowest BCUT2D eigenvalue weighted by atomic mass is 9.80. The van der Waals surface area contributed by atoms with Crippen LogP contribution in [0.2, 0.25) is 0 Å². The maximum Gasteiger partial charge on any atom is 0.333 e. The van der Waals surface area contributed by atoms with Gasteiger partial charge in [0.1, 0.15) is 0 Å². The summed E-state index contributed by atoms with van der Waals surface area (Å²) in [5.41, 5.74) is 0.756. The molecule has 0 bridgehead atoms. The molecule has 0 aromatic carbocycles. The highest BCUT2D eigenvalue weighted by Crippen LogP contribution is 2.31. The zero-order valence-corrected chi connectivity index (χ0v) is 16.8. The van der Waals surface area contributed by atoms with Crippen LogP contribution in [-0.4, -0.2) is 25.2 Å². The van der Waals surface area contributed by atoms with E-state index in [1.165, 1.54) is 32.6 Å². The molecule has 2 fully saturated rings. The van der Waals surface area contributed by atoms with E-state index in [1.54, 1.807) is 0 Å². The Morgan fingerprint density at radius 1 is 0.885 bits per heavy atom. The summed E-state index contributed by atoms with van der Waals surface area (Å²) < 4.78 is 10.6. The van der Waals surface area contributed by atoms with Gasteiger partial charge in [-0.05, 0) is 69.1 Å². The number of rotatable bonds is 7. The Morgan fingerprint density at radius 3 is 2.08 bits per heavy atom. The molecule has 4 nitrogen and oxygen atoms in total. The Hall–Kier alpha value is -1.32. The molecular formula is C22H36O4. The molecule has 26 heavy (non-hydrogen) atoms. The minimum Gasteiger partial charge on any atom is -0.466 e. The maximum absolute atomic E-state index is 12.2. The van der Waals surface area contributed by atoms with Gasteiger partial charge in [0.25, 0.3) is 0 Å². The third-order valence-electron chi connectivity index (χ3n) is 6.06. The first-order chi connectivity index (χ1) is 12.4. The van der Waals surface area contributed by atoms with Gasteiger partial charge in [-0.3, -0.25) is 4.79 Å².